The lowest BCUT2D eigenvalue weighted by molar-refractivity contribution is -0.118. The minimum atomic E-state index is -0.192. The highest BCUT2D eigenvalue weighted by Gasteiger charge is 2.25. The summed E-state index contributed by atoms with van der Waals surface area (Å²) in [5.41, 5.74) is 5.22. The van der Waals surface area contributed by atoms with Gasteiger partial charge in [-0.2, -0.15) is 0 Å². The van der Waals surface area contributed by atoms with Crippen molar-refractivity contribution in [2.24, 2.45) is 17.6 Å². The molecule has 0 heterocycles. The molecule has 1 aliphatic carbocycles. The van der Waals surface area contributed by atoms with E-state index in [2.05, 4.69) is 12.2 Å². The average molecular weight is 198 g/mol. The van der Waals surface area contributed by atoms with Gasteiger partial charge in [0, 0.05) is 12.5 Å². The fourth-order valence-electron chi connectivity index (χ4n) is 2.41. The van der Waals surface area contributed by atoms with Crippen molar-refractivity contribution in [3.63, 3.8) is 0 Å². The Kier molecular flexibility index (Phi) is 4.39. The van der Waals surface area contributed by atoms with Gasteiger partial charge in [-0.1, -0.05) is 19.8 Å². The second-order valence-electron chi connectivity index (χ2n) is 4.59. The van der Waals surface area contributed by atoms with Crippen LogP contribution in [0.3, 0.4) is 0 Å². The Balaban J connectivity index is 2.40. The molecule has 1 fully saturated rings. The Hall–Kier alpha value is -0.570. The monoisotopic (exact) mass is 198 g/mol. The maximum Gasteiger partial charge on any atom is 0.218 e. The molecule has 1 unspecified atom stereocenters. The van der Waals surface area contributed by atoms with Crippen LogP contribution >= 0.6 is 0 Å². The number of carbonyl (C=O) groups is 1. The van der Waals surface area contributed by atoms with Crippen LogP contribution in [-0.2, 0) is 4.79 Å². The Morgan fingerprint density at radius 1 is 1.43 bits per heavy atom. The molecule has 1 saturated carbocycles. The molecule has 1 aliphatic rings. The van der Waals surface area contributed by atoms with E-state index in [1.807, 2.05) is 7.05 Å². The number of nitrogens with two attached hydrogens (primary N) is 1. The summed E-state index contributed by atoms with van der Waals surface area (Å²) in [7, 11) is 1.92. The summed E-state index contributed by atoms with van der Waals surface area (Å²) >= 11 is 0. The SMILES string of the molecule is CNC(CC(N)=O)C1CCC(C)CC1. The van der Waals surface area contributed by atoms with Gasteiger partial charge in [0.15, 0.2) is 0 Å². The Bertz CT molecular complexity index is 186. The first-order valence-corrected chi connectivity index (χ1v) is 5.59. The third-order valence-corrected chi connectivity index (χ3v) is 3.42. The van der Waals surface area contributed by atoms with Crippen molar-refractivity contribution in [3.8, 4) is 0 Å². The molecule has 1 atom stereocenters. The largest absolute Gasteiger partial charge is 0.370 e. The predicted molar refractivity (Wildman–Crippen MR) is 57.8 cm³/mol. The molecule has 0 spiro atoms. The molecular weight excluding hydrogens is 176 g/mol. The molecule has 1 rings (SSSR count). The van der Waals surface area contributed by atoms with Crippen molar-refractivity contribution in [2.75, 3.05) is 7.05 Å². The molecule has 0 aromatic carbocycles. The number of hydrogen-bond donors (Lipinski definition) is 2. The van der Waals surface area contributed by atoms with Gasteiger partial charge in [0.1, 0.15) is 0 Å². The van der Waals surface area contributed by atoms with Crippen LogP contribution in [0, 0.1) is 11.8 Å². The topological polar surface area (TPSA) is 55.1 Å². The van der Waals surface area contributed by atoms with Crippen molar-refractivity contribution in [1.82, 2.24) is 5.32 Å². The van der Waals surface area contributed by atoms with Gasteiger partial charge in [-0.25, -0.2) is 0 Å². The minimum absolute atomic E-state index is 0.192. The smallest absolute Gasteiger partial charge is 0.218 e. The average Bonchev–Trinajstić information content (AvgIpc) is 2.15. The molecule has 0 saturated heterocycles. The summed E-state index contributed by atoms with van der Waals surface area (Å²) in [6, 6.07) is 0.292. The zero-order valence-electron chi connectivity index (χ0n) is 9.25. The molecule has 82 valence electrons. The molecule has 3 heteroatoms. The Morgan fingerprint density at radius 3 is 2.43 bits per heavy atom. The molecule has 1 amide bonds. The first-order valence-electron chi connectivity index (χ1n) is 5.59. The lowest BCUT2D eigenvalue weighted by Gasteiger charge is -2.32. The van der Waals surface area contributed by atoms with Gasteiger partial charge in [-0.05, 0) is 31.7 Å². The summed E-state index contributed by atoms with van der Waals surface area (Å²) in [4.78, 5) is 10.9. The molecule has 3 nitrogen and oxygen atoms in total. The summed E-state index contributed by atoms with van der Waals surface area (Å²) in [5, 5.41) is 3.22. The molecular formula is C11H22N2O. The standard InChI is InChI=1S/C11H22N2O/c1-8-3-5-9(6-4-8)10(13-2)7-11(12)14/h8-10,13H,3-7H2,1-2H3,(H2,12,14). The number of rotatable bonds is 4. The van der Waals surface area contributed by atoms with Crippen LogP contribution < -0.4 is 11.1 Å². The number of hydrogen-bond acceptors (Lipinski definition) is 2. The maximum atomic E-state index is 10.9. The van der Waals surface area contributed by atoms with Gasteiger partial charge in [-0.3, -0.25) is 4.79 Å². The highest BCUT2D eigenvalue weighted by Crippen LogP contribution is 2.31. The van der Waals surface area contributed by atoms with Crippen molar-refractivity contribution in [1.29, 1.82) is 0 Å². The summed E-state index contributed by atoms with van der Waals surface area (Å²) in [6.45, 7) is 2.30. The lowest BCUT2D eigenvalue weighted by Crippen LogP contribution is -2.38. The first-order chi connectivity index (χ1) is 6.63. The van der Waals surface area contributed by atoms with E-state index in [0.29, 0.717) is 18.4 Å². The van der Waals surface area contributed by atoms with E-state index in [1.165, 1.54) is 25.7 Å². The summed E-state index contributed by atoms with van der Waals surface area (Å²) in [5.74, 6) is 1.31. The molecule has 0 bridgehead atoms. The fraction of sp³-hybridized carbons (Fsp3) is 0.909. The van der Waals surface area contributed by atoms with Crippen LogP contribution in [0.15, 0.2) is 0 Å². The third kappa shape index (κ3) is 3.29. The van der Waals surface area contributed by atoms with Crippen LogP contribution in [0.2, 0.25) is 0 Å². The van der Waals surface area contributed by atoms with Crippen molar-refractivity contribution in [3.05, 3.63) is 0 Å². The number of carbonyl (C=O) groups excluding carboxylic acids is 1. The van der Waals surface area contributed by atoms with E-state index in [1.54, 1.807) is 0 Å². The zero-order valence-corrected chi connectivity index (χ0v) is 9.25. The van der Waals surface area contributed by atoms with Crippen LogP contribution in [0.5, 0.6) is 0 Å². The quantitative estimate of drug-likeness (QED) is 0.715. The van der Waals surface area contributed by atoms with Gasteiger partial charge in [0.05, 0.1) is 0 Å². The second kappa shape index (κ2) is 5.35. The summed E-state index contributed by atoms with van der Waals surface area (Å²) in [6.07, 6.45) is 5.54. The molecule has 14 heavy (non-hydrogen) atoms. The number of primary amides is 1. The highest BCUT2D eigenvalue weighted by molar-refractivity contribution is 5.74. The van der Waals surface area contributed by atoms with Crippen LogP contribution in [0.25, 0.3) is 0 Å². The van der Waals surface area contributed by atoms with E-state index in [0.717, 1.165) is 5.92 Å². The van der Waals surface area contributed by atoms with Gasteiger partial charge >= 0.3 is 0 Å². The minimum Gasteiger partial charge on any atom is -0.370 e. The van der Waals surface area contributed by atoms with E-state index in [9.17, 15) is 4.79 Å². The van der Waals surface area contributed by atoms with Crippen molar-refractivity contribution in [2.45, 2.75) is 45.1 Å². The highest BCUT2D eigenvalue weighted by atomic mass is 16.1. The zero-order chi connectivity index (χ0) is 10.6. The van der Waals surface area contributed by atoms with E-state index in [-0.39, 0.29) is 5.91 Å². The lowest BCUT2D eigenvalue weighted by atomic mass is 9.78. The molecule has 0 aromatic heterocycles. The summed E-state index contributed by atoms with van der Waals surface area (Å²) < 4.78 is 0. The van der Waals surface area contributed by atoms with Gasteiger partial charge in [-0.15, -0.1) is 0 Å². The molecule has 3 N–H and O–H groups in total. The van der Waals surface area contributed by atoms with E-state index < -0.39 is 0 Å². The number of amides is 1. The molecule has 0 aromatic rings. The van der Waals surface area contributed by atoms with Crippen molar-refractivity contribution < 1.29 is 4.79 Å². The van der Waals surface area contributed by atoms with Crippen molar-refractivity contribution >= 4 is 5.91 Å². The molecule has 0 aliphatic heterocycles. The first kappa shape index (κ1) is 11.5. The third-order valence-electron chi connectivity index (χ3n) is 3.42. The van der Waals surface area contributed by atoms with Crippen LogP contribution in [0.1, 0.15) is 39.0 Å². The van der Waals surface area contributed by atoms with Crippen LogP contribution in [-0.4, -0.2) is 19.0 Å². The van der Waals surface area contributed by atoms with E-state index in [4.69, 9.17) is 5.73 Å². The molecule has 0 radical (unpaired) electrons. The number of nitrogens with one attached hydrogen (secondary N) is 1. The maximum absolute atomic E-state index is 10.9. The van der Waals surface area contributed by atoms with Crippen LogP contribution in [0.4, 0.5) is 0 Å². The second-order valence-corrected chi connectivity index (χ2v) is 4.59. The van der Waals surface area contributed by atoms with Gasteiger partial charge in [0.25, 0.3) is 0 Å². The van der Waals surface area contributed by atoms with Gasteiger partial charge in [0.2, 0.25) is 5.91 Å². The normalized spacial score (nSPS) is 29.9. The van der Waals surface area contributed by atoms with Gasteiger partial charge < -0.3 is 11.1 Å². The predicted octanol–water partition coefficient (Wildman–Crippen LogP) is 1.28. The fourth-order valence-corrected chi connectivity index (χ4v) is 2.41. The Labute approximate surface area is 86.4 Å². The van der Waals surface area contributed by atoms with E-state index >= 15 is 0 Å². The Morgan fingerprint density at radius 2 is 2.00 bits per heavy atom.